The first-order valence-electron chi connectivity index (χ1n) is 8.00. The van der Waals surface area contributed by atoms with E-state index >= 15 is 0 Å². The Morgan fingerprint density at radius 1 is 1.41 bits per heavy atom. The maximum atomic E-state index is 11.5. The number of hydrogen-bond donors (Lipinski definition) is 2. The Hall–Kier alpha value is -1.31. The second-order valence-electron chi connectivity index (χ2n) is 7.38. The molecular weight excluding hydrogens is 290 g/mol. The molecule has 0 aromatic rings. The summed E-state index contributed by atoms with van der Waals surface area (Å²) in [5.74, 6) is 1.99. The van der Waals surface area contributed by atoms with Gasteiger partial charge in [-0.15, -0.1) is 5.54 Å². The minimum absolute atomic E-state index is 0.0324. The van der Waals surface area contributed by atoms with Crippen molar-refractivity contribution in [3.8, 4) is 11.5 Å². The molecule has 3 nitrogen and oxygen atoms in total. The van der Waals surface area contributed by atoms with Gasteiger partial charge in [-0.05, 0) is 12.8 Å². The fourth-order valence-electron chi connectivity index (χ4n) is 2.39. The molecule has 2 N–H and O–H groups in total. The molecular formula is C18H29NO2Si. The van der Waals surface area contributed by atoms with Gasteiger partial charge in [0.05, 0.1) is 12.0 Å². The zero-order chi connectivity index (χ0) is 16.8. The van der Waals surface area contributed by atoms with Crippen LogP contribution in [0.3, 0.4) is 0 Å². The lowest BCUT2D eigenvalue weighted by molar-refractivity contribution is -0.142. The zero-order valence-corrected chi connectivity index (χ0v) is 15.4. The SMILES string of the molecule is CC[C@@H](C(=O)O)[C@@H](C#C[Si](C)(C)C)NC[C@]1(C)C=CC=CC1. The molecule has 4 heteroatoms. The van der Waals surface area contributed by atoms with Gasteiger partial charge in [-0.1, -0.05) is 63.7 Å². The first-order valence-corrected chi connectivity index (χ1v) is 11.5. The van der Waals surface area contributed by atoms with Gasteiger partial charge in [0.2, 0.25) is 0 Å². The highest BCUT2D eigenvalue weighted by Gasteiger charge is 2.28. The monoisotopic (exact) mass is 319 g/mol. The molecule has 0 amide bonds. The molecule has 0 aromatic heterocycles. The number of nitrogens with one attached hydrogen (secondary N) is 1. The van der Waals surface area contributed by atoms with E-state index in [0.717, 1.165) is 13.0 Å². The van der Waals surface area contributed by atoms with Crippen LogP contribution in [-0.2, 0) is 4.79 Å². The molecule has 0 saturated carbocycles. The lowest BCUT2D eigenvalue weighted by Gasteiger charge is -2.30. The highest BCUT2D eigenvalue weighted by atomic mass is 28.3. The maximum Gasteiger partial charge on any atom is 0.309 e. The topological polar surface area (TPSA) is 49.3 Å². The summed E-state index contributed by atoms with van der Waals surface area (Å²) in [6.45, 7) is 11.4. The molecule has 0 radical (unpaired) electrons. The second-order valence-corrected chi connectivity index (χ2v) is 12.1. The Morgan fingerprint density at radius 2 is 2.09 bits per heavy atom. The van der Waals surface area contributed by atoms with Crippen LogP contribution in [0.1, 0.15) is 26.7 Å². The van der Waals surface area contributed by atoms with Crippen molar-refractivity contribution in [1.82, 2.24) is 5.32 Å². The van der Waals surface area contributed by atoms with Crippen molar-refractivity contribution in [3.63, 3.8) is 0 Å². The van der Waals surface area contributed by atoms with Crippen LogP contribution < -0.4 is 5.32 Å². The zero-order valence-electron chi connectivity index (χ0n) is 14.4. The van der Waals surface area contributed by atoms with Crippen molar-refractivity contribution >= 4 is 14.0 Å². The molecule has 0 spiro atoms. The first kappa shape index (κ1) is 18.7. The van der Waals surface area contributed by atoms with Crippen molar-refractivity contribution in [1.29, 1.82) is 0 Å². The molecule has 122 valence electrons. The van der Waals surface area contributed by atoms with Crippen LogP contribution in [0.5, 0.6) is 0 Å². The van der Waals surface area contributed by atoms with Crippen LogP contribution in [0.2, 0.25) is 19.6 Å². The third-order valence-electron chi connectivity index (χ3n) is 3.82. The molecule has 0 bridgehead atoms. The Bertz CT molecular complexity index is 507. The fraction of sp³-hybridized carbons (Fsp3) is 0.611. The maximum absolute atomic E-state index is 11.5. The van der Waals surface area contributed by atoms with E-state index in [-0.39, 0.29) is 11.5 Å². The van der Waals surface area contributed by atoms with E-state index in [9.17, 15) is 9.90 Å². The van der Waals surface area contributed by atoms with Gasteiger partial charge in [0.15, 0.2) is 0 Å². The summed E-state index contributed by atoms with van der Waals surface area (Å²) in [6.07, 6.45) is 10.00. The molecule has 3 atom stereocenters. The van der Waals surface area contributed by atoms with Gasteiger partial charge in [0.1, 0.15) is 8.07 Å². The molecule has 1 rings (SSSR count). The quantitative estimate of drug-likeness (QED) is 0.582. The normalized spacial score (nSPS) is 23.5. The second kappa shape index (κ2) is 7.80. The molecule has 0 aromatic carbocycles. The summed E-state index contributed by atoms with van der Waals surface area (Å²) in [7, 11) is -1.52. The van der Waals surface area contributed by atoms with Gasteiger partial charge >= 0.3 is 5.97 Å². The minimum atomic E-state index is -1.52. The van der Waals surface area contributed by atoms with Crippen molar-refractivity contribution in [2.24, 2.45) is 11.3 Å². The Kier molecular flexibility index (Phi) is 6.64. The Morgan fingerprint density at radius 3 is 2.55 bits per heavy atom. The molecule has 0 aliphatic heterocycles. The number of carbonyl (C=O) groups is 1. The number of aliphatic carboxylic acids is 1. The van der Waals surface area contributed by atoms with Crippen LogP contribution in [0.15, 0.2) is 24.3 Å². The van der Waals surface area contributed by atoms with Crippen molar-refractivity contribution in [2.75, 3.05) is 6.54 Å². The predicted octanol–water partition coefficient (Wildman–Crippen LogP) is 3.46. The van der Waals surface area contributed by atoms with Gasteiger partial charge in [-0.25, -0.2) is 0 Å². The predicted molar refractivity (Wildman–Crippen MR) is 95.3 cm³/mol. The number of rotatable bonds is 6. The number of hydrogen-bond acceptors (Lipinski definition) is 2. The van der Waals surface area contributed by atoms with Crippen LogP contribution in [-0.4, -0.2) is 31.7 Å². The summed E-state index contributed by atoms with van der Waals surface area (Å²) in [4.78, 5) is 11.5. The highest BCUT2D eigenvalue weighted by molar-refractivity contribution is 6.83. The van der Waals surface area contributed by atoms with Gasteiger partial charge < -0.3 is 10.4 Å². The summed E-state index contributed by atoms with van der Waals surface area (Å²) >= 11 is 0. The smallest absolute Gasteiger partial charge is 0.309 e. The van der Waals surface area contributed by atoms with E-state index in [2.05, 4.69) is 67.6 Å². The standard InChI is InChI=1S/C18H29NO2Si/c1-6-15(17(20)21)16(10-13-22(3,4)5)19-14-18(2)11-8-7-9-12-18/h7-9,11,15-16,19H,6,12,14H2,1-5H3,(H,20,21)/t15-,16-,18-/m1/s1. The van der Waals surface area contributed by atoms with E-state index in [1.807, 2.05) is 6.92 Å². The third-order valence-corrected chi connectivity index (χ3v) is 4.71. The Balaban J connectivity index is 2.85. The summed E-state index contributed by atoms with van der Waals surface area (Å²) in [6, 6.07) is -0.287. The molecule has 0 fully saturated rings. The summed E-state index contributed by atoms with van der Waals surface area (Å²) in [5, 5.41) is 12.9. The van der Waals surface area contributed by atoms with E-state index in [1.54, 1.807) is 0 Å². The number of carboxylic acids is 1. The number of carboxylic acid groups (broad SMARTS) is 1. The molecule has 1 aliphatic carbocycles. The highest BCUT2D eigenvalue weighted by Crippen LogP contribution is 2.26. The molecule has 1 aliphatic rings. The minimum Gasteiger partial charge on any atom is -0.481 e. The van der Waals surface area contributed by atoms with Crippen LogP contribution >= 0.6 is 0 Å². The van der Waals surface area contributed by atoms with Gasteiger partial charge in [0.25, 0.3) is 0 Å². The molecule has 0 saturated heterocycles. The van der Waals surface area contributed by atoms with Crippen molar-refractivity contribution in [3.05, 3.63) is 24.3 Å². The fourth-order valence-corrected chi connectivity index (χ4v) is 2.98. The molecule has 0 unspecified atom stereocenters. The van der Waals surface area contributed by atoms with Crippen molar-refractivity contribution in [2.45, 2.75) is 52.4 Å². The summed E-state index contributed by atoms with van der Waals surface area (Å²) in [5.41, 5.74) is 3.36. The third kappa shape index (κ3) is 6.21. The van der Waals surface area contributed by atoms with Crippen LogP contribution in [0.4, 0.5) is 0 Å². The largest absolute Gasteiger partial charge is 0.481 e. The van der Waals surface area contributed by atoms with E-state index in [0.29, 0.717) is 6.42 Å². The van der Waals surface area contributed by atoms with Crippen LogP contribution in [0.25, 0.3) is 0 Å². The van der Waals surface area contributed by atoms with E-state index in [4.69, 9.17) is 0 Å². The molecule has 22 heavy (non-hydrogen) atoms. The first-order chi connectivity index (χ1) is 10.2. The number of allylic oxidation sites excluding steroid dienone is 3. The molecule has 0 heterocycles. The van der Waals surface area contributed by atoms with Gasteiger partial charge in [-0.3, -0.25) is 4.79 Å². The lowest BCUT2D eigenvalue weighted by Crippen LogP contribution is -2.44. The van der Waals surface area contributed by atoms with Crippen LogP contribution in [0, 0.1) is 22.8 Å². The summed E-state index contributed by atoms with van der Waals surface area (Å²) < 4.78 is 0. The van der Waals surface area contributed by atoms with E-state index in [1.165, 1.54) is 0 Å². The van der Waals surface area contributed by atoms with Gasteiger partial charge in [0, 0.05) is 12.0 Å². The van der Waals surface area contributed by atoms with E-state index < -0.39 is 20.0 Å². The average molecular weight is 320 g/mol. The average Bonchev–Trinajstić information content (AvgIpc) is 2.41. The van der Waals surface area contributed by atoms with Gasteiger partial charge in [-0.2, -0.15) is 0 Å². The Labute approximate surface area is 135 Å². The van der Waals surface area contributed by atoms with Crippen molar-refractivity contribution < 1.29 is 9.90 Å². The lowest BCUT2D eigenvalue weighted by atomic mass is 9.83.